The van der Waals surface area contributed by atoms with Gasteiger partial charge in [0, 0.05) is 0 Å². The molecule has 0 saturated heterocycles. The van der Waals surface area contributed by atoms with Gasteiger partial charge in [0.1, 0.15) is 6.20 Å². The fourth-order valence-electron chi connectivity index (χ4n) is 0.922. The predicted molar refractivity (Wildman–Crippen MR) is 54.8 cm³/mol. The van der Waals surface area contributed by atoms with Crippen molar-refractivity contribution in [2.75, 3.05) is 21.1 Å². The summed E-state index contributed by atoms with van der Waals surface area (Å²) >= 11 is 0. The molecule has 0 atom stereocenters. The molecular formula is C10H17N2O2+. The number of rotatable bonds is 2. The Bertz CT molecular complexity index is 309. The molecule has 0 fully saturated rings. The summed E-state index contributed by atoms with van der Waals surface area (Å²) in [6.45, 7) is 3.48. The molecule has 0 amide bonds. The van der Waals surface area contributed by atoms with E-state index in [-0.39, 0.29) is 5.97 Å². The van der Waals surface area contributed by atoms with E-state index < -0.39 is 5.54 Å². The van der Waals surface area contributed by atoms with E-state index in [1.165, 1.54) is 0 Å². The molecule has 1 heterocycles. The average molecular weight is 197 g/mol. The van der Waals surface area contributed by atoms with Gasteiger partial charge < -0.3 is 9.22 Å². The summed E-state index contributed by atoms with van der Waals surface area (Å²) in [7, 11) is 6.04. The second-order valence-electron chi connectivity index (χ2n) is 4.83. The highest BCUT2D eigenvalue weighted by Crippen LogP contribution is 2.19. The van der Waals surface area contributed by atoms with Crippen molar-refractivity contribution < 1.29 is 14.0 Å². The van der Waals surface area contributed by atoms with Crippen LogP contribution in [0.15, 0.2) is 17.3 Å². The SMILES string of the molecule is CC1(C)N=C(/C=C/[N+](C)(C)C)OC1=O. The molecule has 1 rings (SSSR count). The third kappa shape index (κ3) is 2.67. The van der Waals surface area contributed by atoms with Crippen LogP contribution in [-0.4, -0.2) is 43.0 Å². The van der Waals surface area contributed by atoms with Crippen molar-refractivity contribution in [1.82, 2.24) is 0 Å². The smallest absolute Gasteiger partial charge is 0.340 e. The standard InChI is InChI=1S/C10H17N2O2/c1-10(2)9(13)14-8(11-10)6-7-12(3,4)5/h6-7H,1-5H3/q+1/b7-6+. The number of esters is 1. The summed E-state index contributed by atoms with van der Waals surface area (Å²) in [5.41, 5.74) is -0.732. The molecular weight excluding hydrogens is 180 g/mol. The molecule has 0 unspecified atom stereocenters. The molecule has 14 heavy (non-hydrogen) atoms. The molecule has 0 saturated carbocycles. The average Bonchev–Trinajstić information content (AvgIpc) is 2.21. The number of hydrogen-bond donors (Lipinski definition) is 0. The van der Waals surface area contributed by atoms with E-state index in [4.69, 9.17) is 4.74 Å². The zero-order valence-corrected chi connectivity index (χ0v) is 9.37. The first-order valence-corrected chi connectivity index (χ1v) is 4.53. The molecule has 0 radical (unpaired) electrons. The van der Waals surface area contributed by atoms with Crippen LogP contribution in [0.1, 0.15) is 13.8 Å². The molecule has 4 nitrogen and oxygen atoms in total. The lowest BCUT2D eigenvalue weighted by atomic mass is 10.1. The summed E-state index contributed by atoms with van der Waals surface area (Å²) in [5, 5.41) is 0. The maximum absolute atomic E-state index is 11.3. The number of aliphatic imine (C=N–C) groups is 1. The van der Waals surface area contributed by atoms with Gasteiger partial charge in [-0.05, 0) is 13.8 Å². The Morgan fingerprint density at radius 3 is 2.29 bits per heavy atom. The van der Waals surface area contributed by atoms with Crippen LogP contribution in [0.25, 0.3) is 0 Å². The zero-order chi connectivity index (χ0) is 11.0. The minimum Gasteiger partial charge on any atom is -0.406 e. The number of quaternary nitrogens is 1. The first-order valence-electron chi connectivity index (χ1n) is 4.53. The number of carbonyl (C=O) groups is 1. The molecule has 78 valence electrons. The predicted octanol–water partition coefficient (Wildman–Crippen LogP) is 0.940. The lowest BCUT2D eigenvalue weighted by Gasteiger charge is -2.16. The molecule has 0 aromatic rings. The molecule has 0 N–H and O–H groups in total. The van der Waals surface area contributed by atoms with Crippen LogP contribution in [0.5, 0.6) is 0 Å². The fourth-order valence-corrected chi connectivity index (χ4v) is 0.922. The van der Waals surface area contributed by atoms with Crippen molar-refractivity contribution in [3.8, 4) is 0 Å². The Hall–Kier alpha value is -1.16. The van der Waals surface area contributed by atoms with Crippen molar-refractivity contribution in [2.24, 2.45) is 4.99 Å². The molecule has 0 aromatic heterocycles. The van der Waals surface area contributed by atoms with Gasteiger partial charge in [-0.1, -0.05) is 0 Å². The van der Waals surface area contributed by atoms with E-state index in [1.54, 1.807) is 19.9 Å². The van der Waals surface area contributed by atoms with E-state index in [9.17, 15) is 4.79 Å². The van der Waals surface area contributed by atoms with Crippen molar-refractivity contribution in [1.29, 1.82) is 0 Å². The highest BCUT2D eigenvalue weighted by atomic mass is 16.6. The largest absolute Gasteiger partial charge is 0.406 e. The zero-order valence-electron chi connectivity index (χ0n) is 9.37. The van der Waals surface area contributed by atoms with E-state index in [0.29, 0.717) is 10.4 Å². The van der Waals surface area contributed by atoms with Crippen LogP contribution in [0, 0.1) is 0 Å². The first-order chi connectivity index (χ1) is 6.21. The van der Waals surface area contributed by atoms with Crippen molar-refractivity contribution in [2.45, 2.75) is 19.4 Å². The van der Waals surface area contributed by atoms with E-state index in [0.717, 1.165) is 0 Å². The summed E-state index contributed by atoms with van der Waals surface area (Å²) < 4.78 is 5.65. The van der Waals surface area contributed by atoms with Crippen LogP contribution in [0.3, 0.4) is 0 Å². The molecule has 1 aliphatic rings. The third-order valence-corrected chi connectivity index (χ3v) is 1.75. The number of carbonyl (C=O) groups excluding carboxylic acids is 1. The summed E-state index contributed by atoms with van der Waals surface area (Å²) in [4.78, 5) is 15.4. The molecule has 0 aliphatic carbocycles. The van der Waals surface area contributed by atoms with Gasteiger partial charge in [-0.25, -0.2) is 9.79 Å². The minimum absolute atomic E-state index is 0.293. The first kappa shape index (κ1) is 10.9. The Labute approximate surface area is 84.5 Å². The van der Waals surface area contributed by atoms with E-state index >= 15 is 0 Å². The number of hydrogen-bond acceptors (Lipinski definition) is 3. The Morgan fingerprint density at radius 2 is 1.93 bits per heavy atom. The lowest BCUT2D eigenvalue weighted by molar-refractivity contribution is -0.817. The van der Waals surface area contributed by atoms with Crippen LogP contribution >= 0.6 is 0 Å². The Kier molecular flexibility index (Phi) is 2.50. The maximum atomic E-state index is 11.3. The second-order valence-corrected chi connectivity index (χ2v) is 4.83. The van der Waals surface area contributed by atoms with Gasteiger partial charge in [0.15, 0.2) is 5.54 Å². The summed E-state index contributed by atoms with van der Waals surface area (Å²) in [6.07, 6.45) is 3.64. The molecule has 0 spiro atoms. The number of ether oxygens (including phenoxy) is 1. The van der Waals surface area contributed by atoms with Gasteiger partial charge in [0.25, 0.3) is 0 Å². The third-order valence-electron chi connectivity index (χ3n) is 1.75. The van der Waals surface area contributed by atoms with E-state index in [1.807, 2.05) is 27.3 Å². The van der Waals surface area contributed by atoms with Gasteiger partial charge in [0.05, 0.1) is 27.2 Å². The molecule has 0 aromatic carbocycles. The molecule has 1 aliphatic heterocycles. The maximum Gasteiger partial charge on any atom is 0.340 e. The van der Waals surface area contributed by atoms with Gasteiger partial charge in [-0.15, -0.1) is 0 Å². The highest BCUT2D eigenvalue weighted by molar-refractivity contribution is 6.04. The van der Waals surface area contributed by atoms with E-state index in [2.05, 4.69) is 4.99 Å². The number of cyclic esters (lactones) is 1. The van der Waals surface area contributed by atoms with Gasteiger partial charge >= 0.3 is 5.97 Å². The topological polar surface area (TPSA) is 38.7 Å². The summed E-state index contributed by atoms with van der Waals surface area (Å²) in [5.74, 6) is 0.103. The van der Waals surface area contributed by atoms with Crippen molar-refractivity contribution in [3.63, 3.8) is 0 Å². The van der Waals surface area contributed by atoms with Crippen molar-refractivity contribution >= 4 is 11.9 Å². The molecule has 0 bridgehead atoms. The number of nitrogens with zero attached hydrogens (tertiary/aromatic N) is 2. The van der Waals surface area contributed by atoms with Crippen LogP contribution in [0.2, 0.25) is 0 Å². The van der Waals surface area contributed by atoms with Crippen LogP contribution in [0.4, 0.5) is 0 Å². The Morgan fingerprint density at radius 1 is 1.36 bits per heavy atom. The van der Waals surface area contributed by atoms with Crippen LogP contribution < -0.4 is 0 Å². The van der Waals surface area contributed by atoms with Crippen molar-refractivity contribution in [3.05, 3.63) is 12.3 Å². The lowest BCUT2D eigenvalue weighted by Crippen LogP contribution is -2.27. The minimum atomic E-state index is -0.732. The van der Waals surface area contributed by atoms with Gasteiger partial charge in [0.2, 0.25) is 5.90 Å². The molecule has 4 heteroatoms. The normalized spacial score (nSPS) is 21.2. The van der Waals surface area contributed by atoms with Gasteiger partial charge in [-0.3, -0.25) is 0 Å². The Balaban J connectivity index is 2.76. The monoisotopic (exact) mass is 197 g/mol. The fraction of sp³-hybridized carbons (Fsp3) is 0.600. The van der Waals surface area contributed by atoms with Crippen LogP contribution in [-0.2, 0) is 9.53 Å². The van der Waals surface area contributed by atoms with Gasteiger partial charge in [-0.2, -0.15) is 0 Å². The second kappa shape index (κ2) is 3.20. The highest BCUT2D eigenvalue weighted by Gasteiger charge is 2.36. The summed E-state index contributed by atoms with van der Waals surface area (Å²) in [6, 6.07) is 0. The quantitative estimate of drug-likeness (QED) is 0.488.